The number of aromatic nitrogens is 3. The highest BCUT2D eigenvalue weighted by Crippen LogP contribution is 2.32. The van der Waals surface area contributed by atoms with E-state index in [1.807, 2.05) is 52.1 Å². The lowest BCUT2D eigenvalue weighted by Gasteiger charge is -2.42. The Morgan fingerprint density at radius 3 is 2.39 bits per heavy atom. The van der Waals surface area contributed by atoms with Crippen LogP contribution < -0.4 is 0 Å². The molecule has 1 unspecified atom stereocenters. The highest BCUT2D eigenvalue weighted by Gasteiger charge is 2.41. The largest absolute Gasteiger partial charge is 0.386 e. The van der Waals surface area contributed by atoms with Crippen LogP contribution in [0.2, 0.25) is 5.02 Å². The number of benzene rings is 1. The molecule has 23 heavy (non-hydrogen) atoms. The van der Waals surface area contributed by atoms with Crippen LogP contribution in [0.25, 0.3) is 0 Å². The molecule has 0 aliphatic heterocycles. The van der Waals surface area contributed by atoms with Crippen LogP contribution in [0.1, 0.15) is 26.3 Å². The normalized spacial score (nSPS) is 14.9. The number of hydrogen-bond acceptors (Lipinski definition) is 4. The predicted octanol–water partition coefficient (Wildman–Crippen LogP) is 2.84. The Bertz CT molecular complexity index is 607. The number of hydrogen-bond donors (Lipinski definition) is 1. The van der Waals surface area contributed by atoms with Crippen LogP contribution in [-0.2, 0) is 13.1 Å². The molecule has 1 aromatic heterocycles. The summed E-state index contributed by atoms with van der Waals surface area (Å²) in [6, 6.07) is 7.78. The third-order valence-corrected chi connectivity index (χ3v) is 4.44. The molecule has 0 saturated heterocycles. The van der Waals surface area contributed by atoms with Gasteiger partial charge in [-0.25, -0.2) is 4.98 Å². The fraction of sp³-hybridized carbons (Fsp3) is 0.529. The summed E-state index contributed by atoms with van der Waals surface area (Å²) in [5, 5.41) is 16.1. The maximum atomic E-state index is 11.3. The molecule has 0 bridgehead atoms. The van der Waals surface area contributed by atoms with Gasteiger partial charge in [0.15, 0.2) is 0 Å². The summed E-state index contributed by atoms with van der Waals surface area (Å²) in [5.74, 6) is 0. The van der Waals surface area contributed by atoms with Gasteiger partial charge in [0.25, 0.3) is 0 Å². The van der Waals surface area contributed by atoms with Crippen molar-refractivity contribution in [1.82, 2.24) is 19.7 Å². The van der Waals surface area contributed by atoms with Crippen molar-refractivity contribution in [2.45, 2.75) is 39.5 Å². The second-order valence-electron chi connectivity index (χ2n) is 7.17. The van der Waals surface area contributed by atoms with E-state index >= 15 is 0 Å². The molecule has 1 aromatic carbocycles. The van der Waals surface area contributed by atoms with E-state index in [2.05, 4.69) is 15.0 Å². The summed E-state index contributed by atoms with van der Waals surface area (Å²) in [5.41, 5.74) is -0.0661. The minimum absolute atomic E-state index is 0.298. The van der Waals surface area contributed by atoms with Crippen LogP contribution >= 0.6 is 11.6 Å². The lowest BCUT2D eigenvalue weighted by Crippen LogP contribution is -2.53. The number of halogens is 1. The molecular weight excluding hydrogens is 312 g/mol. The highest BCUT2D eigenvalue weighted by molar-refractivity contribution is 6.30. The molecule has 5 nitrogen and oxygen atoms in total. The van der Waals surface area contributed by atoms with Gasteiger partial charge >= 0.3 is 0 Å². The topological polar surface area (TPSA) is 54.2 Å². The van der Waals surface area contributed by atoms with Crippen LogP contribution in [0, 0.1) is 5.41 Å². The molecule has 0 spiro atoms. The Kier molecular flexibility index (Phi) is 5.45. The third kappa shape index (κ3) is 4.77. The van der Waals surface area contributed by atoms with Crippen molar-refractivity contribution in [3.8, 4) is 0 Å². The molecule has 0 aliphatic carbocycles. The molecule has 1 N–H and O–H groups in total. The quantitative estimate of drug-likeness (QED) is 0.881. The van der Waals surface area contributed by atoms with E-state index in [1.165, 1.54) is 6.33 Å². The molecule has 6 heteroatoms. The summed E-state index contributed by atoms with van der Waals surface area (Å²) in [6.45, 7) is 7.80. The first-order chi connectivity index (χ1) is 10.7. The number of aliphatic hydroxyl groups is 1. The molecule has 0 aliphatic rings. The van der Waals surface area contributed by atoms with Gasteiger partial charge in [0, 0.05) is 18.1 Å². The van der Waals surface area contributed by atoms with E-state index in [0.29, 0.717) is 13.1 Å². The molecule has 1 heterocycles. The third-order valence-electron chi connectivity index (χ3n) is 4.18. The van der Waals surface area contributed by atoms with Gasteiger partial charge in [0.1, 0.15) is 18.3 Å². The average Bonchev–Trinajstić information content (AvgIpc) is 2.92. The van der Waals surface area contributed by atoms with Gasteiger partial charge in [-0.3, -0.25) is 9.58 Å². The summed E-state index contributed by atoms with van der Waals surface area (Å²) in [6.07, 6.45) is 3.12. The van der Waals surface area contributed by atoms with E-state index in [9.17, 15) is 5.11 Å². The van der Waals surface area contributed by atoms with E-state index in [-0.39, 0.29) is 5.41 Å². The summed E-state index contributed by atoms with van der Waals surface area (Å²) >= 11 is 5.92. The van der Waals surface area contributed by atoms with Gasteiger partial charge < -0.3 is 5.11 Å². The van der Waals surface area contributed by atoms with Crippen molar-refractivity contribution in [3.05, 3.63) is 47.5 Å². The lowest BCUT2D eigenvalue weighted by molar-refractivity contribution is -0.0918. The minimum Gasteiger partial charge on any atom is -0.386 e. The van der Waals surface area contributed by atoms with Crippen LogP contribution in [0.5, 0.6) is 0 Å². The summed E-state index contributed by atoms with van der Waals surface area (Å²) in [7, 11) is 2.01. The molecule has 0 radical (unpaired) electrons. The Labute approximate surface area is 142 Å². The molecular formula is C17H25ClN4O. The second kappa shape index (κ2) is 6.99. The standard InChI is InChI=1S/C17H25ClN4O/c1-16(2,3)17(23,11-22-13-19-12-20-22)10-21(4)9-14-5-7-15(18)8-6-14/h5-8,12-13,23H,9-11H2,1-4H3. The van der Waals surface area contributed by atoms with Gasteiger partial charge in [0.2, 0.25) is 0 Å². The number of rotatable bonds is 6. The van der Waals surface area contributed by atoms with E-state index < -0.39 is 5.60 Å². The number of likely N-dealkylation sites (N-methyl/N-ethyl adjacent to an activating group) is 1. The fourth-order valence-corrected chi connectivity index (χ4v) is 2.64. The summed E-state index contributed by atoms with van der Waals surface area (Å²) < 4.78 is 1.68. The van der Waals surface area contributed by atoms with Crippen LogP contribution in [0.4, 0.5) is 0 Å². The van der Waals surface area contributed by atoms with Gasteiger partial charge in [-0.1, -0.05) is 44.5 Å². The molecule has 0 amide bonds. The first-order valence-electron chi connectivity index (χ1n) is 7.67. The minimum atomic E-state index is -0.929. The van der Waals surface area contributed by atoms with Crippen LogP contribution in [0.3, 0.4) is 0 Å². The molecule has 2 aromatic rings. The van der Waals surface area contributed by atoms with Crippen molar-refractivity contribution < 1.29 is 5.11 Å². The number of nitrogens with zero attached hydrogens (tertiary/aromatic N) is 4. The maximum absolute atomic E-state index is 11.3. The first-order valence-corrected chi connectivity index (χ1v) is 8.05. The zero-order chi connectivity index (χ0) is 17.1. The maximum Gasteiger partial charge on any atom is 0.137 e. The first kappa shape index (κ1) is 17.9. The fourth-order valence-electron chi connectivity index (χ4n) is 2.51. The van der Waals surface area contributed by atoms with Crippen molar-refractivity contribution in [3.63, 3.8) is 0 Å². The summed E-state index contributed by atoms with van der Waals surface area (Å²) in [4.78, 5) is 6.07. The molecule has 0 saturated carbocycles. The predicted molar refractivity (Wildman–Crippen MR) is 92.2 cm³/mol. The second-order valence-corrected chi connectivity index (χ2v) is 7.61. The zero-order valence-corrected chi connectivity index (χ0v) is 15.0. The smallest absolute Gasteiger partial charge is 0.137 e. The van der Waals surface area contributed by atoms with E-state index in [0.717, 1.165) is 17.1 Å². The monoisotopic (exact) mass is 336 g/mol. The van der Waals surface area contributed by atoms with Gasteiger partial charge in [-0.15, -0.1) is 0 Å². The van der Waals surface area contributed by atoms with E-state index in [4.69, 9.17) is 11.6 Å². The molecule has 2 rings (SSSR count). The SMILES string of the molecule is CN(Cc1ccc(Cl)cc1)CC(O)(Cn1cncn1)C(C)(C)C. The molecule has 0 fully saturated rings. The van der Waals surface area contributed by atoms with Gasteiger partial charge in [0.05, 0.1) is 6.54 Å². The lowest BCUT2D eigenvalue weighted by atomic mass is 9.76. The highest BCUT2D eigenvalue weighted by atomic mass is 35.5. The molecule has 126 valence electrons. The Balaban J connectivity index is 2.09. The van der Waals surface area contributed by atoms with Crippen LogP contribution in [0.15, 0.2) is 36.9 Å². The Morgan fingerprint density at radius 1 is 1.22 bits per heavy atom. The van der Waals surface area contributed by atoms with Crippen molar-refractivity contribution in [2.24, 2.45) is 5.41 Å². The van der Waals surface area contributed by atoms with Crippen molar-refractivity contribution in [2.75, 3.05) is 13.6 Å². The van der Waals surface area contributed by atoms with Crippen LogP contribution in [-0.4, -0.2) is 44.0 Å². The van der Waals surface area contributed by atoms with Crippen molar-refractivity contribution in [1.29, 1.82) is 0 Å². The Hall–Kier alpha value is -1.43. The average molecular weight is 337 g/mol. The molecule has 1 atom stereocenters. The van der Waals surface area contributed by atoms with Crippen molar-refractivity contribution >= 4 is 11.6 Å². The van der Waals surface area contributed by atoms with E-state index in [1.54, 1.807) is 11.0 Å². The van der Waals surface area contributed by atoms with Gasteiger partial charge in [-0.05, 0) is 30.2 Å². The Morgan fingerprint density at radius 2 is 1.87 bits per heavy atom. The van der Waals surface area contributed by atoms with Gasteiger partial charge in [-0.2, -0.15) is 5.10 Å². The zero-order valence-electron chi connectivity index (χ0n) is 14.2.